The SMILES string of the molecule is CCCCC1=CC=CC1.[Li]. The maximum atomic E-state index is 2.25. The Kier molecular flexibility index (Phi) is 5.88. The van der Waals surface area contributed by atoms with Crippen molar-refractivity contribution in [3.05, 3.63) is 23.8 Å². The van der Waals surface area contributed by atoms with E-state index in [1.54, 1.807) is 5.57 Å². The summed E-state index contributed by atoms with van der Waals surface area (Å²) >= 11 is 0. The van der Waals surface area contributed by atoms with Gasteiger partial charge in [-0.2, -0.15) is 0 Å². The Hall–Kier alpha value is 0.0774. The molecule has 0 heterocycles. The van der Waals surface area contributed by atoms with Crippen LogP contribution in [0.5, 0.6) is 0 Å². The molecule has 0 aromatic carbocycles. The van der Waals surface area contributed by atoms with E-state index in [2.05, 4.69) is 25.2 Å². The van der Waals surface area contributed by atoms with Crippen LogP contribution in [-0.4, -0.2) is 18.9 Å². The van der Waals surface area contributed by atoms with Crippen LogP contribution < -0.4 is 0 Å². The number of unbranched alkanes of at least 4 members (excludes halogenated alkanes) is 1. The first-order valence-electron chi connectivity index (χ1n) is 3.78. The number of hydrogen-bond donors (Lipinski definition) is 0. The minimum Gasteiger partial charge on any atom is -0.0805 e. The normalized spacial score (nSPS) is 14.7. The summed E-state index contributed by atoms with van der Waals surface area (Å²) in [4.78, 5) is 0. The summed E-state index contributed by atoms with van der Waals surface area (Å²) in [6, 6.07) is 0. The second kappa shape index (κ2) is 5.83. The molecule has 0 aliphatic heterocycles. The fourth-order valence-electron chi connectivity index (χ4n) is 1.08. The Morgan fingerprint density at radius 1 is 1.50 bits per heavy atom. The Morgan fingerprint density at radius 3 is 2.80 bits per heavy atom. The number of allylic oxidation sites excluding steroid dienone is 4. The molecule has 0 amide bonds. The second-order valence-electron chi connectivity index (χ2n) is 2.56. The molecule has 0 saturated carbocycles. The van der Waals surface area contributed by atoms with Crippen LogP contribution in [0.15, 0.2) is 23.8 Å². The molecule has 0 N–H and O–H groups in total. The number of rotatable bonds is 3. The maximum absolute atomic E-state index is 2.25. The molecule has 1 radical (unpaired) electrons. The third-order valence-corrected chi connectivity index (χ3v) is 1.70. The molecule has 1 heteroatoms. The van der Waals surface area contributed by atoms with Crippen molar-refractivity contribution in [3.63, 3.8) is 0 Å². The van der Waals surface area contributed by atoms with E-state index in [-0.39, 0.29) is 18.9 Å². The molecule has 0 unspecified atom stereocenters. The van der Waals surface area contributed by atoms with Gasteiger partial charge in [-0.05, 0) is 19.3 Å². The molecular weight excluding hydrogens is 115 g/mol. The van der Waals surface area contributed by atoms with Crippen molar-refractivity contribution in [2.24, 2.45) is 0 Å². The Balaban J connectivity index is 0.000000810. The van der Waals surface area contributed by atoms with Gasteiger partial charge in [-0.3, -0.25) is 0 Å². The predicted molar refractivity (Wildman–Crippen MR) is 47.1 cm³/mol. The van der Waals surface area contributed by atoms with Gasteiger partial charge in [0.25, 0.3) is 0 Å². The minimum atomic E-state index is 0. The summed E-state index contributed by atoms with van der Waals surface area (Å²) in [6.45, 7) is 2.24. The average molecular weight is 129 g/mol. The van der Waals surface area contributed by atoms with Crippen LogP contribution in [0.1, 0.15) is 32.6 Å². The summed E-state index contributed by atoms with van der Waals surface area (Å²) < 4.78 is 0. The van der Waals surface area contributed by atoms with Gasteiger partial charge in [-0.1, -0.05) is 37.1 Å². The summed E-state index contributed by atoms with van der Waals surface area (Å²) in [5.74, 6) is 0. The molecule has 1 aliphatic carbocycles. The van der Waals surface area contributed by atoms with E-state index in [1.807, 2.05) is 0 Å². The van der Waals surface area contributed by atoms with Gasteiger partial charge < -0.3 is 0 Å². The van der Waals surface area contributed by atoms with Crippen molar-refractivity contribution in [1.29, 1.82) is 0 Å². The Bertz CT molecular complexity index is 134. The third-order valence-electron chi connectivity index (χ3n) is 1.70. The smallest absolute Gasteiger partial charge is 0 e. The van der Waals surface area contributed by atoms with Gasteiger partial charge in [-0.15, -0.1) is 0 Å². The van der Waals surface area contributed by atoms with Gasteiger partial charge in [0.15, 0.2) is 0 Å². The number of hydrogen-bond acceptors (Lipinski definition) is 0. The van der Waals surface area contributed by atoms with Crippen molar-refractivity contribution in [3.8, 4) is 0 Å². The van der Waals surface area contributed by atoms with Crippen LogP contribution in [0.4, 0.5) is 0 Å². The molecule has 0 spiro atoms. The quantitative estimate of drug-likeness (QED) is 0.514. The standard InChI is InChI=1S/C9H14.Li/c1-2-3-6-9-7-4-5-8-9;/h4-5,7H,2-3,6,8H2,1H3;. The van der Waals surface area contributed by atoms with Crippen molar-refractivity contribution in [2.75, 3.05) is 0 Å². The molecule has 0 saturated heterocycles. The first kappa shape index (κ1) is 10.1. The fraction of sp³-hybridized carbons (Fsp3) is 0.556. The van der Waals surface area contributed by atoms with Gasteiger partial charge in [0, 0.05) is 18.9 Å². The van der Waals surface area contributed by atoms with Crippen molar-refractivity contribution < 1.29 is 0 Å². The molecule has 10 heavy (non-hydrogen) atoms. The first-order chi connectivity index (χ1) is 4.43. The molecule has 0 bridgehead atoms. The molecule has 1 rings (SSSR count). The van der Waals surface area contributed by atoms with E-state index in [1.165, 1.54) is 25.7 Å². The van der Waals surface area contributed by atoms with Crippen LogP contribution in [0, 0.1) is 0 Å². The van der Waals surface area contributed by atoms with Gasteiger partial charge in [-0.25, -0.2) is 0 Å². The zero-order valence-corrected chi connectivity index (χ0v) is 7.06. The predicted octanol–water partition coefficient (Wildman–Crippen LogP) is 2.68. The van der Waals surface area contributed by atoms with E-state index < -0.39 is 0 Å². The van der Waals surface area contributed by atoms with Gasteiger partial charge in [0.1, 0.15) is 0 Å². The van der Waals surface area contributed by atoms with Crippen LogP contribution in [-0.2, 0) is 0 Å². The summed E-state index contributed by atoms with van der Waals surface area (Å²) in [7, 11) is 0. The summed E-state index contributed by atoms with van der Waals surface area (Å²) in [5.41, 5.74) is 1.61. The van der Waals surface area contributed by atoms with Crippen molar-refractivity contribution in [1.82, 2.24) is 0 Å². The average Bonchev–Trinajstić information content (AvgIpc) is 2.34. The summed E-state index contributed by atoms with van der Waals surface area (Å²) in [5, 5.41) is 0. The van der Waals surface area contributed by atoms with Crippen molar-refractivity contribution >= 4 is 18.9 Å². The van der Waals surface area contributed by atoms with Gasteiger partial charge in [0.2, 0.25) is 0 Å². The Morgan fingerprint density at radius 2 is 2.30 bits per heavy atom. The molecule has 51 valence electrons. The molecular formula is C9H14Li. The zero-order chi connectivity index (χ0) is 6.53. The third kappa shape index (κ3) is 3.30. The second-order valence-corrected chi connectivity index (χ2v) is 2.56. The molecule has 0 aromatic rings. The van der Waals surface area contributed by atoms with Crippen molar-refractivity contribution in [2.45, 2.75) is 32.6 Å². The largest absolute Gasteiger partial charge is 0.0805 e. The van der Waals surface area contributed by atoms with E-state index in [9.17, 15) is 0 Å². The molecule has 1 aliphatic rings. The van der Waals surface area contributed by atoms with Crippen LogP contribution in [0.25, 0.3) is 0 Å². The zero-order valence-electron chi connectivity index (χ0n) is 7.06. The maximum Gasteiger partial charge on any atom is 0 e. The van der Waals surface area contributed by atoms with E-state index in [0.29, 0.717) is 0 Å². The van der Waals surface area contributed by atoms with Crippen LogP contribution >= 0.6 is 0 Å². The monoisotopic (exact) mass is 129 g/mol. The molecule has 0 fully saturated rings. The first-order valence-corrected chi connectivity index (χ1v) is 3.78. The van der Waals surface area contributed by atoms with Gasteiger partial charge >= 0.3 is 0 Å². The summed E-state index contributed by atoms with van der Waals surface area (Å²) in [6.07, 6.45) is 11.8. The molecule has 0 aromatic heterocycles. The van der Waals surface area contributed by atoms with Crippen LogP contribution in [0.2, 0.25) is 0 Å². The fourth-order valence-corrected chi connectivity index (χ4v) is 1.08. The van der Waals surface area contributed by atoms with Crippen LogP contribution in [0.3, 0.4) is 0 Å². The minimum absolute atomic E-state index is 0. The van der Waals surface area contributed by atoms with E-state index in [4.69, 9.17) is 0 Å². The van der Waals surface area contributed by atoms with E-state index >= 15 is 0 Å². The van der Waals surface area contributed by atoms with Gasteiger partial charge in [0.05, 0.1) is 0 Å². The topological polar surface area (TPSA) is 0 Å². The van der Waals surface area contributed by atoms with E-state index in [0.717, 1.165) is 0 Å². The molecule has 0 nitrogen and oxygen atoms in total. The Labute approximate surface area is 75.6 Å². The molecule has 0 atom stereocenters.